The van der Waals surface area contributed by atoms with E-state index in [1.54, 1.807) is 0 Å². The molecule has 0 radical (unpaired) electrons. The van der Waals surface area contributed by atoms with Crippen LogP contribution in [-0.4, -0.2) is 16.1 Å². The van der Waals surface area contributed by atoms with Crippen molar-refractivity contribution in [2.75, 3.05) is 0 Å². The number of non-ortho nitro benzene ring substituents is 2. The molecule has 0 fully saturated rings. The Morgan fingerprint density at radius 2 is 1.72 bits per heavy atom. The van der Waals surface area contributed by atoms with Crippen LogP contribution in [0.3, 0.4) is 0 Å². The Balaban J connectivity index is 2.83. The number of nitrogens with zero attached hydrogens (tertiary/aromatic N) is 2. The van der Waals surface area contributed by atoms with Gasteiger partial charge in [0.2, 0.25) is 0 Å². The number of hydrogen-bond acceptors (Lipinski definition) is 5. The van der Waals surface area contributed by atoms with Gasteiger partial charge in [-0.1, -0.05) is 0 Å². The van der Waals surface area contributed by atoms with E-state index < -0.39 is 9.85 Å². The number of benzene rings is 2. The molecule has 2 aromatic carbocycles. The second-order valence-corrected chi connectivity index (χ2v) is 3.58. The second-order valence-electron chi connectivity index (χ2n) is 3.58. The molecule has 90 valence electrons. The highest BCUT2D eigenvalue weighted by Crippen LogP contribution is 2.30. The molecule has 0 heterocycles. The van der Waals surface area contributed by atoms with Gasteiger partial charge in [-0.05, 0) is 17.5 Å². The predicted molar refractivity (Wildman–Crippen MR) is 62.6 cm³/mol. The Kier molecular flexibility index (Phi) is 2.72. The number of hydrogen-bond donors (Lipinski definition) is 0. The Hall–Kier alpha value is -2.83. The fourth-order valence-electron chi connectivity index (χ4n) is 1.68. The summed E-state index contributed by atoms with van der Waals surface area (Å²) in [4.78, 5) is 30.9. The van der Waals surface area contributed by atoms with Gasteiger partial charge in [0.25, 0.3) is 11.4 Å². The number of aldehydes is 1. The van der Waals surface area contributed by atoms with Gasteiger partial charge in [-0.3, -0.25) is 25.0 Å². The third-order valence-corrected chi connectivity index (χ3v) is 2.48. The largest absolute Gasteiger partial charge is 0.298 e. The summed E-state index contributed by atoms with van der Waals surface area (Å²) < 4.78 is 0. The molecule has 0 aliphatic heterocycles. The maximum Gasteiger partial charge on any atom is 0.278 e. The van der Waals surface area contributed by atoms with Gasteiger partial charge in [-0.2, -0.15) is 0 Å². The van der Waals surface area contributed by atoms with Gasteiger partial charge in [-0.25, -0.2) is 0 Å². The van der Waals surface area contributed by atoms with Crippen molar-refractivity contribution in [3.63, 3.8) is 0 Å². The van der Waals surface area contributed by atoms with Crippen molar-refractivity contribution < 1.29 is 14.6 Å². The van der Waals surface area contributed by atoms with E-state index in [1.165, 1.54) is 18.2 Å². The van der Waals surface area contributed by atoms with Gasteiger partial charge in [0.15, 0.2) is 0 Å². The molecule has 0 aliphatic carbocycles. The van der Waals surface area contributed by atoms with Crippen molar-refractivity contribution in [3.8, 4) is 0 Å². The van der Waals surface area contributed by atoms with Crippen LogP contribution in [0.15, 0.2) is 30.3 Å². The molecule has 0 bridgehead atoms. The fourth-order valence-corrected chi connectivity index (χ4v) is 1.68. The number of rotatable bonds is 3. The summed E-state index contributed by atoms with van der Waals surface area (Å²) >= 11 is 0. The molecule has 2 aromatic rings. The number of nitro benzene ring substituents is 2. The summed E-state index contributed by atoms with van der Waals surface area (Å²) in [6.07, 6.45) is 0.494. The summed E-state index contributed by atoms with van der Waals surface area (Å²) in [5.74, 6) is 0. The number of fused-ring (bicyclic) bond motifs is 1. The lowest BCUT2D eigenvalue weighted by molar-refractivity contribution is -0.386. The molecular weight excluding hydrogens is 240 g/mol. The predicted octanol–water partition coefficient (Wildman–Crippen LogP) is 2.47. The average Bonchev–Trinajstić information content (AvgIpc) is 2.36. The Morgan fingerprint density at radius 3 is 2.28 bits per heavy atom. The van der Waals surface area contributed by atoms with Gasteiger partial charge in [-0.15, -0.1) is 0 Å². The van der Waals surface area contributed by atoms with Crippen LogP contribution in [0.5, 0.6) is 0 Å². The minimum absolute atomic E-state index is 0.139. The van der Waals surface area contributed by atoms with Crippen molar-refractivity contribution in [1.29, 1.82) is 0 Å². The Morgan fingerprint density at radius 1 is 1.00 bits per heavy atom. The molecule has 0 atom stereocenters. The van der Waals surface area contributed by atoms with Crippen LogP contribution < -0.4 is 0 Å². The van der Waals surface area contributed by atoms with Crippen molar-refractivity contribution in [2.45, 2.75) is 0 Å². The van der Waals surface area contributed by atoms with E-state index in [0.29, 0.717) is 11.7 Å². The summed E-state index contributed by atoms with van der Waals surface area (Å²) in [6.45, 7) is 0. The normalized spacial score (nSPS) is 10.2. The second kappa shape index (κ2) is 4.21. The maximum atomic E-state index is 10.9. The zero-order valence-corrected chi connectivity index (χ0v) is 8.90. The first-order chi connectivity index (χ1) is 8.52. The summed E-state index contributed by atoms with van der Waals surface area (Å²) in [6, 6.07) is 6.29. The fraction of sp³-hybridized carbons (Fsp3) is 0. The van der Waals surface area contributed by atoms with E-state index in [0.717, 1.165) is 12.1 Å². The van der Waals surface area contributed by atoms with Crippen LogP contribution in [0.4, 0.5) is 11.4 Å². The molecule has 7 nitrogen and oxygen atoms in total. The molecule has 7 heteroatoms. The third kappa shape index (κ3) is 1.88. The SMILES string of the molecule is O=Cc1cc([N+](=O)[O-])c2cc([N+](=O)[O-])ccc2c1. The van der Waals surface area contributed by atoms with Gasteiger partial charge >= 0.3 is 0 Å². The highest BCUT2D eigenvalue weighted by molar-refractivity contribution is 5.96. The first-order valence-electron chi connectivity index (χ1n) is 4.84. The summed E-state index contributed by atoms with van der Waals surface area (Å²) in [7, 11) is 0. The lowest BCUT2D eigenvalue weighted by Gasteiger charge is -2.01. The molecule has 2 rings (SSSR count). The van der Waals surface area contributed by atoms with Crippen LogP contribution in [0, 0.1) is 20.2 Å². The Bertz CT molecular complexity index is 680. The first-order valence-corrected chi connectivity index (χ1v) is 4.84. The third-order valence-electron chi connectivity index (χ3n) is 2.48. The van der Waals surface area contributed by atoms with Crippen LogP contribution in [0.25, 0.3) is 10.8 Å². The molecule has 18 heavy (non-hydrogen) atoms. The van der Waals surface area contributed by atoms with Gasteiger partial charge < -0.3 is 0 Å². The maximum absolute atomic E-state index is 10.9. The number of nitro groups is 2. The summed E-state index contributed by atoms with van der Waals surface area (Å²) in [5, 5.41) is 22.1. The minimum Gasteiger partial charge on any atom is -0.298 e. The highest BCUT2D eigenvalue weighted by atomic mass is 16.6. The first kappa shape index (κ1) is 11.6. The molecule has 0 spiro atoms. The zero-order chi connectivity index (χ0) is 13.3. The smallest absolute Gasteiger partial charge is 0.278 e. The molecule has 0 amide bonds. The van der Waals surface area contributed by atoms with Crippen molar-refractivity contribution in [2.24, 2.45) is 0 Å². The molecule has 0 N–H and O–H groups in total. The molecule has 0 unspecified atom stereocenters. The van der Waals surface area contributed by atoms with Crippen LogP contribution in [0.2, 0.25) is 0 Å². The molecule has 0 saturated carbocycles. The van der Waals surface area contributed by atoms with E-state index in [-0.39, 0.29) is 22.3 Å². The molecule has 0 aromatic heterocycles. The lowest BCUT2D eigenvalue weighted by Crippen LogP contribution is -1.94. The van der Waals surface area contributed by atoms with Crippen molar-refractivity contribution >= 4 is 28.4 Å². The Labute approximate surface area is 99.9 Å². The van der Waals surface area contributed by atoms with Crippen LogP contribution in [-0.2, 0) is 0 Å². The van der Waals surface area contributed by atoms with Crippen molar-refractivity contribution in [1.82, 2.24) is 0 Å². The van der Waals surface area contributed by atoms with E-state index >= 15 is 0 Å². The van der Waals surface area contributed by atoms with E-state index in [1.807, 2.05) is 0 Å². The quantitative estimate of drug-likeness (QED) is 0.470. The molecular formula is C11H6N2O5. The highest BCUT2D eigenvalue weighted by Gasteiger charge is 2.17. The lowest BCUT2D eigenvalue weighted by atomic mass is 10.0. The van der Waals surface area contributed by atoms with Crippen LogP contribution in [0.1, 0.15) is 10.4 Å². The van der Waals surface area contributed by atoms with Gasteiger partial charge in [0.05, 0.1) is 15.2 Å². The van der Waals surface area contributed by atoms with E-state index in [4.69, 9.17) is 0 Å². The monoisotopic (exact) mass is 246 g/mol. The average molecular weight is 246 g/mol. The van der Waals surface area contributed by atoms with E-state index in [2.05, 4.69) is 0 Å². The van der Waals surface area contributed by atoms with Gasteiger partial charge in [0.1, 0.15) is 6.29 Å². The topological polar surface area (TPSA) is 103 Å². The molecule has 0 aliphatic rings. The van der Waals surface area contributed by atoms with E-state index in [9.17, 15) is 25.0 Å². The van der Waals surface area contributed by atoms with Crippen molar-refractivity contribution in [3.05, 3.63) is 56.1 Å². The molecule has 0 saturated heterocycles. The zero-order valence-electron chi connectivity index (χ0n) is 8.90. The number of carbonyl (C=O) groups excluding carboxylic acids is 1. The summed E-state index contributed by atoms with van der Waals surface area (Å²) in [5.41, 5.74) is -0.397. The standard InChI is InChI=1S/C11H6N2O5/c14-6-7-3-8-1-2-9(12(15)16)5-10(8)11(4-7)13(17)18/h1-6H. The minimum atomic E-state index is -0.668. The number of carbonyl (C=O) groups is 1. The van der Waals surface area contributed by atoms with Gasteiger partial charge in [0, 0.05) is 23.8 Å². The van der Waals surface area contributed by atoms with Crippen LogP contribution >= 0.6 is 0 Å².